The van der Waals surface area contributed by atoms with Gasteiger partial charge in [-0.05, 0) is 28.8 Å². The van der Waals surface area contributed by atoms with Crippen molar-refractivity contribution in [1.29, 1.82) is 0 Å². The minimum absolute atomic E-state index is 0.113. The summed E-state index contributed by atoms with van der Waals surface area (Å²) in [5, 5.41) is 11.4. The smallest absolute Gasteiger partial charge is 0.248 e. The highest BCUT2D eigenvalue weighted by molar-refractivity contribution is 5.80. The number of tetrazole rings is 1. The van der Waals surface area contributed by atoms with Crippen molar-refractivity contribution in [1.82, 2.24) is 30.0 Å². The summed E-state index contributed by atoms with van der Waals surface area (Å²) in [7, 11) is 0. The van der Waals surface area contributed by atoms with Crippen LogP contribution in [0.4, 0.5) is 0 Å². The van der Waals surface area contributed by atoms with Crippen LogP contribution in [0.3, 0.4) is 0 Å². The van der Waals surface area contributed by atoms with E-state index in [1.54, 1.807) is 4.68 Å². The molecule has 2 aromatic rings. The molecule has 7 nitrogen and oxygen atoms in total. The Morgan fingerprint density at radius 3 is 2.50 bits per heavy atom. The molecule has 0 radical (unpaired) electrons. The summed E-state index contributed by atoms with van der Waals surface area (Å²) in [6.45, 7) is 3.54. The van der Waals surface area contributed by atoms with Crippen LogP contribution < -0.4 is 0 Å². The summed E-state index contributed by atoms with van der Waals surface area (Å²) < 4.78 is 1.59. The third-order valence-electron chi connectivity index (χ3n) is 4.93. The molecule has 4 rings (SSSR count). The fourth-order valence-electron chi connectivity index (χ4n) is 3.40. The van der Waals surface area contributed by atoms with E-state index in [1.807, 2.05) is 35.2 Å². The van der Waals surface area contributed by atoms with E-state index in [0.29, 0.717) is 6.42 Å². The van der Waals surface area contributed by atoms with Crippen LogP contribution in [0.15, 0.2) is 36.7 Å². The summed E-state index contributed by atoms with van der Waals surface area (Å²) in [6, 6.07) is 10.4. The van der Waals surface area contributed by atoms with Crippen LogP contribution in [0.1, 0.15) is 24.4 Å². The van der Waals surface area contributed by atoms with Gasteiger partial charge in [-0.25, -0.2) is 4.68 Å². The van der Waals surface area contributed by atoms with Crippen molar-refractivity contribution < 1.29 is 4.79 Å². The molecule has 1 amide bonds. The van der Waals surface area contributed by atoms with E-state index in [4.69, 9.17) is 0 Å². The second-order valence-electron chi connectivity index (χ2n) is 6.59. The zero-order chi connectivity index (χ0) is 16.4. The van der Waals surface area contributed by atoms with Gasteiger partial charge in [-0.2, -0.15) is 0 Å². The zero-order valence-corrected chi connectivity index (χ0v) is 13.7. The number of carbonyl (C=O) groups is 1. The van der Waals surface area contributed by atoms with Crippen LogP contribution in [-0.2, 0) is 11.2 Å². The van der Waals surface area contributed by atoms with Gasteiger partial charge < -0.3 is 4.90 Å². The van der Waals surface area contributed by atoms with E-state index in [-0.39, 0.29) is 11.9 Å². The van der Waals surface area contributed by atoms with Crippen molar-refractivity contribution in [2.75, 3.05) is 26.2 Å². The third kappa shape index (κ3) is 3.31. The van der Waals surface area contributed by atoms with Crippen molar-refractivity contribution in [3.8, 4) is 0 Å². The van der Waals surface area contributed by atoms with Crippen LogP contribution in [-0.4, -0.2) is 68.1 Å². The second-order valence-corrected chi connectivity index (χ2v) is 6.59. The maximum absolute atomic E-state index is 13.1. The number of rotatable bonds is 5. The highest BCUT2D eigenvalue weighted by Gasteiger charge is 2.34. The summed E-state index contributed by atoms with van der Waals surface area (Å²) in [6.07, 6.45) is 4.77. The van der Waals surface area contributed by atoms with Gasteiger partial charge in [-0.3, -0.25) is 9.69 Å². The van der Waals surface area contributed by atoms with Gasteiger partial charge in [0, 0.05) is 38.6 Å². The van der Waals surface area contributed by atoms with E-state index < -0.39 is 0 Å². The zero-order valence-electron chi connectivity index (χ0n) is 13.7. The number of hydrogen-bond acceptors (Lipinski definition) is 5. The van der Waals surface area contributed by atoms with E-state index in [1.165, 1.54) is 19.2 Å². The fourth-order valence-corrected chi connectivity index (χ4v) is 3.40. The van der Waals surface area contributed by atoms with Crippen LogP contribution in [0.2, 0.25) is 0 Å². The van der Waals surface area contributed by atoms with Gasteiger partial charge in [0.05, 0.1) is 0 Å². The molecule has 2 aliphatic rings. The van der Waals surface area contributed by atoms with Crippen LogP contribution in [0.5, 0.6) is 0 Å². The van der Waals surface area contributed by atoms with Crippen LogP contribution in [0.25, 0.3) is 0 Å². The number of benzene rings is 1. The minimum atomic E-state index is -0.380. The topological polar surface area (TPSA) is 67.2 Å². The van der Waals surface area contributed by atoms with Gasteiger partial charge in [-0.15, -0.1) is 5.10 Å². The average molecular weight is 326 g/mol. The molecule has 0 unspecified atom stereocenters. The molecular formula is C17H22N6O. The SMILES string of the molecule is O=C([C@@H](Cc1ccccc1)n1cnnn1)N1CCN(C2CC2)CC1. The number of aromatic nitrogens is 4. The number of piperazine rings is 1. The van der Waals surface area contributed by atoms with Gasteiger partial charge in [0.2, 0.25) is 5.91 Å². The minimum Gasteiger partial charge on any atom is -0.338 e. The number of nitrogens with zero attached hydrogens (tertiary/aromatic N) is 6. The predicted octanol–water partition coefficient (Wildman–Crippen LogP) is 0.763. The summed E-state index contributed by atoms with van der Waals surface area (Å²) in [5.41, 5.74) is 1.11. The number of carbonyl (C=O) groups excluding carboxylic acids is 1. The lowest BCUT2D eigenvalue weighted by atomic mass is 10.0. The summed E-state index contributed by atoms with van der Waals surface area (Å²) in [5.74, 6) is 0.113. The van der Waals surface area contributed by atoms with Gasteiger partial charge >= 0.3 is 0 Å². The molecular weight excluding hydrogens is 304 g/mol. The maximum atomic E-state index is 13.1. The van der Waals surface area contributed by atoms with E-state index in [9.17, 15) is 4.79 Å². The molecule has 24 heavy (non-hydrogen) atoms. The first-order chi connectivity index (χ1) is 11.8. The first-order valence-electron chi connectivity index (χ1n) is 8.60. The first-order valence-corrected chi connectivity index (χ1v) is 8.60. The number of hydrogen-bond donors (Lipinski definition) is 0. The Bertz CT molecular complexity index is 662. The quantitative estimate of drug-likeness (QED) is 0.812. The molecule has 2 fully saturated rings. The largest absolute Gasteiger partial charge is 0.338 e. The van der Waals surface area contributed by atoms with Crippen molar-refractivity contribution in [3.05, 3.63) is 42.2 Å². The van der Waals surface area contributed by atoms with Gasteiger partial charge in [-0.1, -0.05) is 30.3 Å². The van der Waals surface area contributed by atoms with Gasteiger partial charge in [0.15, 0.2) is 0 Å². The molecule has 2 heterocycles. The van der Waals surface area contributed by atoms with E-state index >= 15 is 0 Å². The third-order valence-corrected chi connectivity index (χ3v) is 4.93. The Kier molecular flexibility index (Phi) is 4.25. The normalized spacial score (nSPS) is 20.1. The van der Waals surface area contributed by atoms with Gasteiger partial charge in [0.25, 0.3) is 0 Å². The van der Waals surface area contributed by atoms with Crippen molar-refractivity contribution in [3.63, 3.8) is 0 Å². The lowest BCUT2D eigenvalue weighted by Crippen LogP contribution is -2.51. The Labute approximate surface area is 141 Å². The second kappa shape index (κ2) is 6.68. The lowest BCUT2D eigenvalue weighted by Gasteiger charge is -2.36. The molecule has 1 saturated heterocycles. The monoisotopic (exact) mass is 326 g/mol. The molecule has 7 heteroatoms. The molecule has 1 aliphatic carbocycles. The Hall–Kier alpha value is -2.28. The Morgan fingerprint density at radius 2 is 1.88 bits per heavy atom. The summed E-state index contributed by atoms with van der Waals surface area (Å²) >= 11 is 0. The Balaban J connectivity index is 1.47. The fraction of sp³-hybridized carbons (Fsp3) is 0.529. The van der Waals surface area contributed by atoms with E-state index in [0.717, 1.165) is 37.8 Å². The molecule has 1 aliphatic heterocycles. The van der Waals surface area contributed by atoms with Crippen molar-refractivity contribution in [2.24, 2.45) is 0 Å². The average Bonchev–Trinajstić information content (AvgIpc) is 3.35. The predicted molar refractivity (Wildman–Crippen MR) is 88.2 cm³/mol. The molecule has 126 valence electrons. The number of amides is 1. The van der Waals surface area contributed by atoms with Crippen molar-refractivity contribution in [2.45, 2.75) is 31.3 Å². The Morgan fingerprint density at radius 1 is 1.12 bits per heavy atom. The molecule has 1 atom stereocenters. The molecule has 0 bridgehead atoms. The van der Waals surface area contributed by atoms with Crippen molar-refractivity contribution >= 4 is 5.91 Å². The van der Waals surface area contributed by atoms with Crippen LogP contribution >= 0.6 is 0 Å². The molecule has 1 saturated carbocycles. The van der Waals surface area contributed by atoms with Crippen LogP contribution in [0, 0.1) is 0 Å². The highest BCUT2D eigenvalue weighted by atomic mass is 16.2. The molecule has 0 spiro atoms. The highest BCUT2D eigenvalue weighted by Crippen LogP contribution is 2.28. The maximum Gasteiger partial charge on any atom is 0.248 e. The molecule has 1 aromatic heterocycles. The van der Waals surface area contributed by atoms with E-state index in [2.05, 4.69) is 20.4 Å². The molecule has 0 N–H and O–H groups in total. The summed E-state index contributed by atoms with van der Waals surface area (Å²) in [4.78, 5) is 17.6. The standard InChI is InChI=1S/C17H22N6O/c24-17(22-10-8-21(9-11-22)15-6-7-15)16(23-13-18-19-20-23)12-14-4-2-1-3-5-14/h1-5,13,15-16H,6-12H2/t16-/m1/s1. The first kappa shape index (κ1) is 15.3. The molecule has 1 aromatic carbocycles. The lowest BCUT2D eigenvalue weighted by molar-refractivity contribution is -0.137. The van der Waals surface area contributed by atoms with Gasteiger partial charge in [0.1, 0.15) is 12.4 Å².